The number of amides is 1. The molecular formula is C24H30ClN3O5. The quantitative estimate of drug-likeness (QED) is 0.575. The predicted molar refractivity (Wildman–Crippen MR) is 125 cm³/mol. The zero-order chi connectivity index (χ0) is 22.6. The van der Waals surface area contributed by atoms with Gasteiger partial charge in [-0.05, 0) is 56.5 Å². The SMILES string of the molecule is CN(CCOc1ccccc1)C1(C(=O)NC2(c3ccc(C(=O)O)nc3)CC2)CCOCC1.Cl. The Hall–Kier alpha value is -2.68. The van der Waals surface area contributed by atoms with Crippen molar-refractivity contribution in [3.63, 3.8) is 0 Å². The van der Waals surface area contributed by atoms with Crippen molar-refractivity contribution in [3.8, 4) is 5.75 Å². The van der Waals surface area contributed by atoms with Gasteiger partial charge >= 0.3 is 5.97 Å². The van der Waals surface area contributed by atoms with Gasteiger partial charge in [0, 0.05) is 26.0 Å². The highest BCUT2D eigenvalue weighted by molar-refractivity contribution is 5.88. The summed E-state index contributed by atoms with van der Waals surface area (Å²) in [5.74, 6) is -0.283. The van der Waals surface area contributed by atoms with Gasteiger partial charge in [-0.15, -0.1) is 12.4 Å². The average Bonchev–Trinajstić information content (AvgIpc) is 3.60. The number of aromatic nitrogens is 1. The van der Waals surface area contributed by atoms with Crippen molar-refractivity contribution in [2.24, 2.45) is 0 Å². The molecule has 8 nitrogen and oxygen atoms in total. The maximum absolute atomic E-state index is 13.6. The topological polar surface area (TPSA) is 101 Å². The van der Waals surface area contributed by atoms with Crippen molar-refractivity contribution in [2.45, 2.75) is 36.8 Å². The van der Waals surface area contributed by atoms with E-state index < -0.39 is 17.0 Å². The van der Waals surface area contributed by atoms with Crippen LogP contribution >= 0.6 is 12.4 Å². The van der Waals surface area contributed by atoms with Crippen LogP contribution in [0.5, 0.6) is 5.75 Å². The number of benzene rings is 1. The monoisotopic (exact) mass is 475 g/mol. The lowest BCUT2D eigenvalue weighted by molar-refractivity contribution is -0.140. The molecule has 0 spiro atoms. The van der Waals surface area contributed by atoms with Crippen LogP contribution < -0.4 is 10.1 Å². The molecule has 0 unspecified atom stereocenters. The lowest BCUT2D eigenvalue weighted by Gasteiger charge is -2.43. The number of carboxylic acids is 1. The number of hydrogen-bond acceptors (Lipinski definition) is 6. The lowest BCUT2D eigenvalue weighted by atomic mass is 9.86. The minimum Gasteiger partial charge on any atom is -0.492 e. The molecule has 1 amide bonds. The number of para-hydroxylation sites is 1. The molecule has 9 heteroatoms. The van der Waals surface area contributed by atoms with E-state index in [4.69, 9.17) is 14.6 Å². The van der Waals surface area contributed by atoms with Gasteiger partial charge in [0.1, 0.15) is 23.6 Å². The Morgan fingerprint density at radius 3 is 2.39 bits per heavy atom. The minimum absolute atomic E-state index is 0. The number of pyridine rings is 1. The summed E-state index contributed by atoms with van der Waals surface area (Å²) in [6.07, 6.45) is 4.38. The summed E-state index contributed by atoms with van der Waals surface area (Å²) in [7, 11) is 1.96. The van der Waals surface area contributed by atoms with Crippen LogP contribution in [-0.2, 0) is 15.1 Å². The van der Waals surface area contributed by atoms with Crippen LogP contribution in [-0.4, -0.2) is 65.8 Å². The summed E-state index contributed by atoms with van der Waals surface area (Å²) in [5, 5.41) is 12.4. The first-order chi connectivity index (χ1) is 15.5. The normalized spacial score (nSPS) is 18.1. The van der Waals surface area contributed by atoms with E-state index in [2.05, 4.69) is 15.2 Å². The first kappa shape index (κ1) is 25.0. The van der Waals surface area contributed by atoms with Gasteiger partial charge in [-0.1, -0.05) is 24.3 Å². The van der Waals surface area contributed by atoms with E-state index in [1.54, 1.807) is 12.3 Å². The molecule has 1 saturated heterocycles. The van der Waals surface area contributed by atoms with E-state index in [9.17, 15) is 9.59 Å². The number of carbonyl (C=O) groups is 2. The van der Waals surface area contributed by atoms with Gasteiger partial charge in [0.15, 0.2) is 0 Å². The average molecular weight is 476 g/mol. The van der Waals surface area contributed by atoms with Crippen molar-refractivity contribution in [3.05, 3.63) is 59.9 Å². The molecule has 2 aromatic rings. The van der Waals surface area contributed by atoms with Gasteiger partial charge in [-0.3, -0.25) is 9.69 Å². The fourth-order valence-electron chi connectivity index (χ4n) is 4.27. The number of nitrogens with one attached hydrogen (secondary N) is 1. The van der Waals surface area contributed by atoms with Crippen molar-refractivity contribution in [1.29, 1.82) is 0 Å². The fourth-order valence-corrected chi connectivity index (χ4v) is 4.27. The zero-order valence-electron chi connectivity index (χ0n) is 18.7. The second kappa shape index (κ2) is 10.5. The molecule has 2 fully saturated rings. The Morgan fingerprint density at radius 1 is 1.12 bits per heavy atom. The molecule has 1 saturated carbocycles. The van der Waals surface area contributed by atoms with Crippen LogP contribution in [0, 0.1) is 0 Å². The standard InChI is InChI=1S/C24H29N3O5.ClH/c1-27(13-16-32-19-5-3-2-4-6-19)24(11-14-31-15-12-24)22(30)26-23(9-10-23)18-7-8-20(21(28)29)25-17-18;/h2-8,17H,9-16H2,1H3,(H,26,30)(H,28,29);1H. The van der Waals surface area contributed by atoms with Gasteiger partial charge in [-0.25, -0.2) is 9.78 Å². The number of halogens is 1. The van der Waals surface area contributed by atoms with E-state index in [-0.39, 0.29) is 24.0 Å². The predicted octanol–water partition coefficient (Wildman–Crippen LogP) is 2.87. The molecule has 0 bridgehead atoms. The van der Waals surface area contributed by atoms with E-state index in [0.717, 1.165) is 24.2 Å². The molecule has 2 heterocycles. The molecule has 2 N–H and O–H groups in total. The largest absolute Gasteiger partial charge is 0.492 e. The highest BCUT2D eigenvalue weighted by atomic mass is 35.5. The van der Waals surface area contributed by atoms with Gasteiger partial charge in [0.2, 0.25) is 5.91 Å². The Labute approximate surface area is 199 Å². The third kappa shape index (κ3) is 5.46. The molecule has 1 aliphatic heterocycles. The second-order valence-corrected chi connectivity index (χ2v) is 8.50. The highest BCUT2D eigenvalue weighted by Gasteiger charge is 2.51. The summed E-state index contributed by atoms with van der Waals surface area (Å²) in [5.41, 5.74) is -0.320. The minimum atomic E-state index is -1.06. The summed E-state index contributed by atoms with van der Waals surface area (Å²) < 4.78 is 11.4. The Bertz CT molecular complexity index is 944. The van der Waals surface area contributed by atoms with E-state index in [1.165, 1.54) is 6.07 Å². The number of rotatable bonds is 9. The van der Waals surface area contributed by atoms with Gasteiger partial charge in [0.05, 0.1) is 5.54 Å². The third-order valence-corrected chi connectivity index (χ3v) is 6.55. The van der Waals surface area contributed by atoms with Crippen molar-refractivity contribution in [1.82, 2.24) is 15.2 Å². The Morgan fingerprint density at radius 2 is 1.82 bits per heavy atom. The second-order valence-electron chi connectivity index (χ2n) is 8.50. The number of carboxylic acid groups (broad SMARTS) is 1. The molecule has 33 heavy (non-hydrogen) atoms. The van der Waals surface area contributed by atoms with Crippen LogP contribution in [0.25, 0.3) is 0 Å². The number of carbonyl (C=O) groups excluding carboxylic acids is 1. The summed E-state index contributed by atoms with van der Waals surface area (Å²) in [6, 6.07) is 12.9. The van der Waals surface area contributed by atoms with Gasteiger partial charge in [0.25, 0.3) is 0 Å². The fraction of sp³-hybridized carbons (Fsp3) is 0.458. The van der Waals surface area contributed by atoms with E-state index >= 15 is 0 Å². The summed E-state index contributed by atoms with van der Waals surface area (Å²) >= 11 is 0. The van der Waals surface area contributed by atoms with Crippen LogP contribution in [0.4, 0.5) is 0 Å². The molecule has 2 aliphatic rings. The number of likely N-dealkylation sites (N-methyl/N-ethyl adjacent to an activating group) is 1. The molecular weight excluding hydrogens is 446 g/mol. The summed E-state index contributed by atoms with van der Waals surface area (Å²) in [4.78, 5) is 30.8. The van der Waals surface area contributed by atoms with Gasteiger partial charge < -0.3 is 19.9 Å². The smallest absolute Gasteiger partial charge is 0.354 e. The van der Waals surface area contributed by atoms with Crippen molar-refractivity contribution >= 4 is 24.3 Å². The summed E-state index contributed by atoms with van der Waals surface area (Å²) in [6.45, 7) is 2.13. The van der Waals surface area contributed by atoms with E-state index in [1.807, 2.05) is 37.4 Å². The molecule has 1 aromatic carbocycles. The number of ether oxygens (including phenoxy) is 2. The van der Waals surface area contributed by atoms with Crippen LogP contribution in [0.3, 0.4) is 0 Å². The lowest BCUT2D eigenvalue weighted by Crippen LogP contribution is -2.62. The van der Waals surface area contributed by atoms with Crippen LogP contribution in [0.1, 0.15) is 41.7 Å². The Kier molecular flexibility index (Phi) is 7.94. The first-order valence-electron chi connectivity index (χ1n) is 10.9. The molecule has 0 atom stereocenters. The molecule has 178 valence electrons. The van der Waals surface area contributed by atoms with E-state index in [0.29, 0.717) is 39.2 Å². The van der Waals surface area contributed by atoms with Gasteiger partial charge in [-0.2, -0.15) is 0 Å². The highest BCUT2D eigenvalue weighted by Crippen LogP contribution is 2.46. The van der Waals surface area contributed by atoms with Crippen LogP contribution in [0.15, 0.2) is 48.7 Å². The molecule has 1 aliphatic carbocycles. The maximum Gasteiger partial charge on any atom is 0.354 e. The van der Waals surface area contributed by atoms with Crippen molar-refractivity contribution < 1.29 is 24.2 Å². The number of aromatic carboxylic acids is 1. The number of hydrogen-bond donors (Lipinski definition) is 2. The molecule has 4 rings (SSSR count). The first-order valence-corrected chi connectivity index (χ1v) is 10.9. The number of nitrogens with zero attached hydrogens (tertiary/aromatic N) is 2. The van der Waals surface area contributed by atoms with Crippen molar-refractivity contribution in [2.75, 3.05) is 33.4 Å². The Balaban J connectivity index is 0.00000306. The maximum atomic E-state index is 13.6. The van der Waals surface area contributed by atoms with Crippen LogP contribution in [0.2, 0.25) is 0 Å². The molecule has 1 aromatic heterocycles. The third-order valence-electron chi connectivity index (χ3n) is 6.55. The zero-order valence-corrected chi connectivity index (χ0v) is 19.5. The molecule has 0 radical (unpaired) electrons.